The van der Waals surface area contributed by atoms with Crippen molar-refractivity contribution in [2.24, 2.45) is 0 Å². The van der Waals surface area contributed by atoms with Gasteiger partial charge < -0.3 is 4.98 Å². The lowest BCUT2D eigenvalue weighted by atomic mass is 10.0. The van der Waals surface area contributed by atoms with Crippen LogP contribution in [0.1, 0.15) is 52.5 Å². The lowest BCUT2D eigenvalue weighted by molar-refractivity contribution is 0.104. The summed E-state index contributed by atoms with van der Waals surface area (Å²) in [5.41, 5.74) is 3.54. The van der Waals surface area contributed by atoms with Crippen LogP contribution in [-0.4, -0.2) is 10.8 Å². The van der Waals surface area contributed by atoms with Gasteiger partial charge in [0.25, 0.3) is 5.56 Å². The van der Waals surface area contributed by atoms with Gasteiger partial charge in [0, 0.05) is 5.69 Å². The molecule has 1 aromatic carbocycles. The van der Waals surface area contributed by atoms with Crippen LogP contribution in [-0.2, 0) is 0 Å². The van der Waals surface area contributed by atoms with Gasteiger partial charge in [-0.25, -0.2) is 0 Å². The van der Waals surface area contributed by atoms with Gasteiger partial charge in [0.15, 0.2) is 5.78 Å². The number of ketones is 1. The Labute approximate surface area is 130 Å². The predicted molar refractivity (Wildman–Crippen MR) is 90.4 cm³/mol. The summed E-state index contributed by atoms with van der Waals surface area (Å²) >= 11 is 0. The molecule has 0 atom stereocenters. The average Bonchev–Trinajstić information content (AvgIpc) is 2.44. The number of aryl methyl sites for hydroxylation is 2. The van der Waals surface area contributed by atoms with Crippen LogP contribution >= 0.6 is 0 Å². The zero-order valence-corrected chi connectivity index (χ0v) is 13.4. The maximum Gasteiger partial charge on any atom is 0.259 e. The molecule has 2 aromatic rings. The minimum atomic E-state index is -0.331. The highest BCUT2D eigenvalue weighted by Gasteiger charge is 2.11. The van der Waals surface area contributed by atoms with Crippen molar-refractivity contribution in [3.05, 3.63) is 74.7 Å². The Hall–Kier alpha value is -2.42. The summed E-state index contributed by atoms with van der Waals surface area (Å²) in [6.07, 6.45) is 3.20. The lowest BCUT2D eigenvalue weighted by Crippen LogP contribution is -2.19. The third-order valence-corrected chi connectivity index (χ3v) is 3.64. The van der Waals surface area contributed by atoms with E-state index in [2.05, 4.69) is 31.0 Å². The molecule has 0 fully saturated rings. The van der Waals surface area contributed by atoms with Crippen molar-refractivity contribution in [2.45, 2.75) is 33.6 Å². The number of hydrogen-bond acceptors (Lipinski definition) is 2. The summed E-state index contributed by atoms with van der Waals surface area (Å²) < 4.78 is 0. The van der Waals surface area contributed by atoms with Gasteiger partial charge in [0.2, 0.25) is 0 Å². The second-order valence-corrected chi connectivity index (χ2v) is 5.86. The van der Waals surface area contributed by atoms with E-state index in [0.717, 1.165) is 11.3 Å². The Morgan fingerprint density at radius 3 is 2.32 bits per heavy atom. The minimum absolute atomic E-state index is 0.209. The number of H-pyrrole nitrogens is 1. The van der Waals surface area contributed by atoms with Crippen LogP contribution in [0.4, 0.5) is 0 Å². The van der Waals surface area contributed by atoms with E-state index in [1.54, 1.807) is 26.0 Å². The Bertz CT molecular complexity index is 765. The quantitative estimate of drug-likeness (QED) is 0.684. The fourth-order valence-electron chi connectivity index (χ4n) is 2.41. The highest BCUT2D eigenvalue weighted by molar-refractivity contribution is 6.07. The van der Waals surface area contributed by atoms with Gasteiger partial charge in [-0.3, -0.25) is 9.59 Å². The summed E-state index contributed by atoms with van der Waals surface area (Å²) in [6, 6.07) is 9.87. The normalized spacial score (nSPS) is 11.3. The molecule has 0 amide bonds. The predicted octanol–water partition coefficient (Wildman–Crippen LogP) is 4.01. The first-order valence-corrected chi connectivity index (χ1v) is 7.41. The third kappa shape index (κ3) is 3.61. The van der Waals surface area contributed by atoms with Crippen LogP contribution in [0, 0.1) is 13.8 Å². The van der Waals surface area contributed by atoms with E-state index in [4.69, 9.17) is 0 Å². The first-order valence-electron chi connectivity index (χ1n) is 7.41. The molecule has 1 N–H and O–H groups in total. The Balaban J connectivity index is 2.23. The number of carbonyl (C=O) groups excluding carboxylic acids is 1. The van der Waals surface area contributed by atoms with Gasteiger partial charge in [-0.1, -0.05) is 44.2 Å². The molecule has 0 aliphatic carbocycles. The van der Waals surface area contributed by atoms with Crippen LogP contribution in [0.5, 0.6) is 0 Å². The summed E-state index contributed by atoms with van der Waals surface area (Å²) in [5, 5.41) is 0. The molecular weight excluding hydrogens is 274 g/mol. The molecule has 2 rings (SSSR count). The summed E-state index contributed by atoms with van der Waals surface area (Å²) in [4.78, 5) is 26.8. The zero-order chi connectivity index (χ0) is 16.3. The van der Waals surface area contributed by atoms with Crippen LogP contribution < -0.4 is 5.56 Å². The fraction of sp³-hybridized carbons (Fsp3) is 0.263. The van der Waals surface area contributed by atoms with E-state index in [1.165, 1.54) is 11.6 Å². The monoisotopic (exact) mass is 295 g/mol. The van der Waals surface area contributed by atoms with Gasteiger partial charge in [-0.05, 0) is 48.6 Å². The molecule has 0 bridgehead atoms. The van der Waals surface area contributed by atoms with Crippen LogP contribution in [0.15, 0.2) is 41.2 Å². The van der Waals surface area contributed by atoms with Gasteiger partial charge in [-0.2, -0.15) is 0 Å². The van der Waals surface area contributed by atoms with Crippen LogP contribution in [0.2, 0.25) is 0 Å². The van der Waals surface area contributed by atoms with Crippen molar-refractivity contribution >= 4 is 11.9 Å². The fourth-order valence-corrected chi connectivity index (χ4v) is 2.41. The largest absolute Gasteiger partial charge is 0.326 e. The standard InChI is InChI=1S/C19H21NO2/c1-12(2)16-8-5-15(6-9-16)7-10-17(21)18-13(3)11-14(4)20-19(18)22/h5-12H,1-4H3,(H,20,22)/b10-7+. The minimum Gasteiger partial charge on any atom is -0.326 e. The van der Waals surface area contributed by atoms with Crippen LogP contribution in [0.25, 0.3) is 6.08 Å². The molecule has 22 heavy (non-hydrogen) atoms. The average molecular weight is 295 g/mol. The molecule has 0 saturated carbocycles. The molecule has 0 unspecified atom stereocenters. The van der Waals surface area contributed by atoms with E-state index in [0.29, 0.717) is 11.5 Å². The number of benzene rings is 1. The second kappa shape index (κ2) is 6.56. The Kier molecular flexibility index (Phi) is 4.76. The van der Waals surface area contributed by atoms with E-state index in [9.17, 15) is 9.59 Å². The Morgan fingerprint density at radius 1 is 1.14 bits per heavy atom. The van der Waals surface area contributed by atoms with Crippen LogP contribution in [0.3, 0.4) is 0 Å². The smallest absolute Gasteiger partial charge is 0.259 e. The van der Waals surface area contributed by atoms with Crippen molar-refractivity contribution in [3.63, 3.8) is 0 Å². The molecule has 0 aliphatic rings. The highest BCUT2D eigenvalue weighted by atomic mass is 16.1. The van der Waals surface area contributed by atoms with Gasteiger partial charge >= 0.3 is 0 Å². The molecule has 0 aliphatic heterocycles. The van der Waals surface area contributed by atoms with E-state index < -0.39 is 0 Å². The molecule has 1 aromatic heterocycles. The summed E-state index contributed by atoms with van der Waals surface area (Å²) in [5.74, 6) is 0.208. The van der Waals surface area contributed by atoms with E-state index in [-0.39, 0.29) is 16.9 Å². The van der Waals surface area contributed by atoms with Gasteiger partial charge in [0.05, 0.1) is 5.56 Å². The van der Waals surface area contributed by atoms with Crippen molar-refractivity contribution in [3.8, 4) is 0 Å². The second-order valence-electron chi connectivity index (χ2n) is 5.86. The first-order chi connectivity index (χ1) is 10.4. The SMILES string of the molecule is Cc1cc(C)c(C(=O)/C=C/c2ccc(C(C)C)cc2)c(=O)[nH]1. The van der Waals surface area contributed by atoms with Crippen molar-refractivity contribution in [1.82, 2.24) is 4.98 Å². The number of aromatic amines is 1. The van der Waals surface area contributed by atoms with E-state index >= 15 is 0 Å². The molecule has 0 spiro atoms. The molecule has 0 saturated heterocycles. The molecular formula is C19H21NO2. The topological polar surface area (TPSA) is 49.9 Å². The van der Waals surface area contributed by atoms with Crippen molar-refractivity contribution < 1.29 is 4.79 Å². The third-order valence-electron chi connectivity index (χ3n) is 3.64. The van der Waals surface area contributed by atoms with Crippen molar-refractivity contribution in [2.75, 3.05) is 0 Å². The summed E-state index contributed by atoms with van der Waals surface area (Å²) in [7, 11) is 0. The van der Waals surface area contributed by atoms with Crippen molar-refractivity contribution in [1.29, 1.82) is 0 Å². The van der Waals surface area contributed by atoms with Gasteiger partial charge in [0.1, 0.15) is 0 Å². The summed E-state index contributed by atoms with van der Waals surface area (Å²) in [6.45, 7) is 7.86. The maximum atomic E-state index is 12.2. The first kappa shape index (κ1) is 16.0. The van der Waals surface area contributed by atoms with Gasteiger partial charge in [-0.15, -0.1) is 0 Å². The number of rotatable bonds is 4. The number of allylic oxidation sites excluding steroid dienone is 1. The molecule has 3 nitrogen and oxygen atoms in total. The molecule has 3 heteroatoms. The number of carbonyl (C=O) groups is 1. The number of pyridine rings is 1. The zero-order valence-electron chi connectivity index (χ0n) is 13.4. The molecule has 1 heterocycles. The Morgan fingerprint density at radius 2 is 1.77 bits per heavy atom. The highest BCUT2D eigenvalue weighted by Crippen LogP contribution is 2.15. The number of nitrogens with one attached hydrogen (secondary N) is 1. The molecule has 0 radical (unpaired) electrons. The maximum absolute atomic E-state index is 12.2. The molecule has 114 valence electrons. The lowest BCUT2D eigenvalue weighted by Gasteiger charge is -2.05. The van der Waals surface area contributed by atoms with E-state index in [1.807, 2.05) is 12.1 Å². The number of hydrogen-bond donors (Lipinski definition) is 1. The number of aromatic nitrogens is 1.